The standard InChI is InChI=1S/C18H35N7O7S/c1-9(27)13(16(30)23-11(17(31)32)5-7-33-2)25-15(29)12(8-26)24-14(28)10(19)4-3-6-22-18(20)21/h9-13,26-27H,3-8,19H2,1-2H3,(H,23,30)(H,24,28)(H,25,29)(H,31,32)(H4,20,21,22). The second-order valence-corrected chi connectivity index (χ2v) is 8.19. The first kappa shape index (κ1) is 30.4. The van der Waals surface area contributed by atoms with E-state index in [0.717, 1.165) is 0 Å². The van der Waals surface area contributed by atoms with Crippen LogP contribution in [0.3, 0.4) is 0 Å². The van der Waals surface area contributed by atoms with Gasteiger partial charge in [0.25, 0.3) is 0 Å². The number of carboxylic acids is 1. The van der Waals surface area contributed by atoms with E-state index < -0.39 is 60.6 Å². The number of aliphatic hydroxyl groups excluding tert-OH is 2. The zero-order chi connectivity index (χ0) is 25.6. The van der Waals surface area contributed by atoms with Gasteiger partial charge in [0.05, 0.1) is 18.8 Å². The van der Waals surface area contributed by atoms with Gasteiger partial charge in [0.15, 0.2) is 5.96 Å². The summed E-state index contributed by atoms with van der Waals surface area (Å²) in [6.07, 6.45) is 1.12. The third kappa shape index (κ3) is 12.3. The van der Waals surface area contributed by atoms with E-state index in [1.807, 2.05) is 0 Å². The lowest BCUT2D eigenvalue weighted by molar-refractivity contribution is -0.143. The van der Waals surface area contributed by atoms with Gasteiger partial charge >= 0.3 is 5.97 Å². The Morgan fingerprint density at radius 3 is 2.09 bits per heavy atom. The molecule has 0 saturated heterocycles. The maximum absolute atomic E-state index is 12.5. The monoisotopic (exact) mass is 493 g/mol. The Hall–Kier alpha value is -2.62. The minimum absolute atomic E-state index is 0.0966. The molecule has 190 valence electrons. The lowest BCUT2D eigenvalue weighted by Crippen LogP contribution is -2.60. The van der Waals surface area contributed by atoms with E-state index in [2.05, 4.69) is 20.9 Å². The fourth-order valence-corrected chi connectivity index (χ4v) is 3.01. The average Bonchev–Trinajstić information content (AvgIpc) is 2.74. The van der Waals surface area contributed by atoms with Gasteiger partial charge in [0, 0.05) is 6.54 Å². The van der Waals surface area contributed by atoms with Crippen molar-refractivity contribution in [2.75, 3.05) is 25.2 Å². The highest BCUT2D eigenvalue weighted by Gasteiger charge is 2.32. The molecule has 0 aliphatic carbocycles. The fourth-order valence-electron chi connectivity index (χ4n) is 2.54. The molecule has 0 aromatic rings. The first-order valence-electron chi connectivity index (χ1n) is 10.2. The van der Waals surface area contributed by atoms with Crippen LogP contribution in [0.2, 0.25) is 0 Å². The Bertz CT molecular complexity index is 689. The van der Waals surface area contributed by atoms with Gasteiger partial charge in [-0.3, -0.25) is 19.4 Å². The van der Waals surface area contributed by atoms with E-state index in [0.29, 0.717) is 12.2 Å². The topological polar surface area (TPSA) is 255 Å². The number of hydrogen-bond acceptors (Lipinski definition) is 9. The Labute approximate surface area is 196 Å². The predicted molar refractivity (Wildman–Crippen MR) is 123 cm³/mol. The van der Waals surface area contributed by atoms with Gasteiger partial charge in [-0.1, -0.05) is 0 Å². The van der Waals surface area contributed by atoms with Crippen LogP contribution in [-0.2, 0) is 19.2 Å². The van der Waals surface area contributed by atoms with Gasteiger partial charge in [-0.05, 0) is 38.2 Å². The van der Waals surface area contributed by atoms with Crippen molar-refractivity contribution in [2.24, 2.45) is 22.2 Å². The van der Waals surface area contributed by atoms with E-state index in [-0.39, 0.29) is 25.3 Å². The summed E-state index contributed by atoms with van der Waals surface area (Å²) in [7, 11) is 0. The SMILES string of the molecule is CSCCC(NC(=O)C(NC(=O)C(CO)NC(=O)C(N)CCCN=C(N)N)C(C)O)C(=O)O. The summed E-state index contributed by atoms with van der Waals surface area (Å²) < 4.78 is 0. The Balaban J connectivity index is 5.02. The quantitative estimate of drug-likeness (QED) is 0.0569. The molecule has 0 aromatic carbocycles. The van der Waals surface area contributed by atoms with E-state index >= 15 is 0 Å². The summed E-state index contributed by atoms with van der Waals surface area (Å²) in [5.41, 5.74) is 16.2. The van der Waals surface area contributed by atoms with E-state index in [1.165, 1.54) is 18.7 Å². The number of nitrogens with zero attached hydrogens (tertiary/aromatic N) is 1. The summed E-state index contributed by atoms with van der Waals surface area (Å²) in [6, 6.07) is -5.20. The number of rotatable bonds is 16. The van der Waals surface area contributed by atoms with Crippen LogP contribution >= 0.6 is 11.8 Å². The number of aliphatic imine (C=N–C) groups is 1. The van der Waals surface area contributed by atoms with E-state index in [1.54, 1.807) is 6.26 Å². The molecule has 12 N–H and O–H groups in total. The third-order valence-corrected chi connectivity index (χ3v) is 5.05. The largest absolute Gasteiger partial charge is 0.480 e. The van der Waals surface area contributed by atoms with Crippen molar-refractivity contribution in [3.8, 4) is 0 Å². The Morgan fingerprint density at radius 2 is 1.61 bits per heavy atom. The molecule has 0 bridgehead atoms. The van der Waals surface area contributed by atoms with Gasteiger partial charge in [-0.25, -0.2) is 4.79 Å². The van der Waals surface area contributed by atoms with Crippen LogP contribution in [0.4, 0.5) is 0 Å². The van der Waals surface area contributed by atoms with Gasteiger partial charge in [0.2, 0.25) is 17.7 Å². The van der Waals surface area contributed by atoms with Crippen molar-refractivity contribution in [3.63, 3.8) is 0 Å². The Morgan fingerprint density at radius 1 is 1.00 bits per heavy atom. The molecule has 0 radical (unpaired) electrons. The van der Waals surface area contributed by atoms with Crippen molar-refractivity contribution in [2.45, 2.75) is 56.5 Å². The molecule has 3 amide bonds. The number of carbonyl (C=O) groups is 4. The highest BCUT2D eigenvalue weighted by atomic mass is 32.2. The lowest BCUT2D eigenvalue weighted by Gasteiger charge is -2.25. The highest BCUT2D eigenvalue weighted by molar-refractivity contribution is 7.98. The zero-order valence-corrected chi connectivity index (χ0v) is 19.5. The second-order valence-electron chi connectivity index (χ2n) is 7.21. The van der Waals surface area contributed by atoms with Crippen LogP contribution in [0.25, 0.3) is 0 Å². The maximum atomic E-state index is 12.5. The van der Waals surface area contributed by atoms with Crippen LogP contribution < -0.4 is 33.2 Å². The molecule has 0 aromatic heterocycles. The van der Waals surface area contributed by atoms with Crippen LogP contribution in [0, 0.1) is 0 Å². The van der Waals surface area contributed by atoms with E-state index in [9.17, 15) is 34.5 Å². The maximum Gasteiger partial charge on any atom is 0.326 e. The number of carboxylic acid groups (broad SMARTS) is 1. The molecule has 5 atom stereocenters. The molecule has 14 nitrogen and oxygen atoms in total. The van der Waals surface area contributed by atoms with Crippen LogP contribution in [0.5, 0.6) is 0 Å². The van der Waals surface area contributed by atoms with Gasteiger partial charge in [-0.2, -0.15) is 11.8 Å². The van der Waals surface area contributed by atoms with Crippen LogP contribution in [0.15, 0.2) is 4.99 Å². The lowest BCUT2D eigenvalue weighted by atomic mass is 10.1. The van der Waals surface area contributed by atoms with Crippen LogP contribution in [0.1, 0.15) is 26.2 Å². The van der Waals surface area contributed by atoms with Crippen molar-refractivity contribution >= 4 is 41.4 Å². The zero-order valence-electron chi connectivity index (χ0n) is 18.7. The van der Waals surface area contributed by atoms with Crippen molar-refractivity contribution in [1.29, 1.82) is 0 Å². The number of guanidine groups is 1. The number of carbonyl (C=O) groups excluding carboxylic acids is 3. The fraction of sp³-hybridized carbons (Fsp3) is 0.722. The number of aliphatic carboxylic acids is 1. The van der Waals surface area contributed by atoms with Crippen molar-refractivity contribution < 1.29 is 34.5 Å². The minimum Gasteiger partial charge on any atom is -0.480 e. The smallest absolute Gasteiger partial charge is 0.326 e. The molecule has 0 spiro atoms. The molecular formula is C18H35N7O7S. The van der Waals surface area contributed by atoms with Gasteiger partial charge in [-0.15, -0.1) is 0 Å². The summed E-state index contributed by atoms with van der Waals surface area (Å²) in [4.78, 5) is 52.3. The molecule has 0 saturated carbocycles. The minimum atomic E-state index is -1.52. The molecule has 0 aliphatic rings. The summed E-state index contributed by atoms with van der Waals surface area (Å²) in [6.45, 7) is 0.672. The number of aliphatic hydroxyl groups is 2. The second kappa shape index (κ2) is 16.1. The molecule has 15 heteroatoms. The van der Waals surface area contributed by atoms with E-state index in [4.69, 9.17) is 17.2 Å². The molecular weight excluding hydrogens is 458 g/mol. The van der Waals surface area contributed by atoms with Gasteiger partial charge in [0.1, 0.15) is 18.1 Å². The van der Waals surface area contributed by atoms with Crippen molar-refractivity contribution in [1.82, 2.24) is 16.0 Å². The molecule has 0 aliphatic heterocycles. The Kier molecular flexibility index (Phi) is 14.8. The normalized spacial score (nSPS) is 15.3. The molecule has 5 unspecified atom stereocenters. The predicted octanol–water partition coefficient (Wildman–Crippen LogP) is -3.97. The first-order chi connectivity index (χ1) is 15.4. The van der Waals surface area contributed by atoms with Crippen molar-refractivity contribution in [3.05, 3.63) is 0 Å². The third-order valence-electron chi connectivity index (χ3n) is 4.41. The van der Waals surface area contributed by atoms with Crippen LogP contribution in [-0.4, -0.2) is 100 Å². The summed E-state index contributed by atoms with van der Waals surface area (Å²) in [5, 5.41) is 35.4. The highest BCUT2D eigenvalue weighted by Crippen LogP contribution is 2.04. The number of thioether (sulfide) groups is 1. The summed E-state index contributed by atoms with van der Waals surface area (Å²) in [5.74, 6) is -3.51. The molecule has 0 fully saturated rings. The number of hydrogen-bond donors (Lipinski definition) is 9. The van der Waals surface area contributed by atoms with Gasteiger partial charge < -0.3 is 48.5 Å². The number of nitrogens with one attached hydrogen (secondary N) is 3. The number of nitrogens with two attached hydrogens (primary N) is 3. The number of amides is 3. The first-order valence-corrected chi connectivity index (χ1v) is 11.6. The molecule has 0 rings (SSSR count). The summed E-state index contributed by atoms with van der Waals surface area (Å²) >= 11 is 1.39. The molecule has 33 heavy (non-hydrogen) atoms. The average molecular weight is 494 g/mol. The molecule has 0 heterocycles.